The van der Waals surface area contributed by atoms with Crippen molar-refractivity contribution in [2.45, 2.75) is 12.5 Å². The number of carbonyl (C=O) groups is 1. The lowest BCUT2D eigenvalue weighted by atomic mass is 9.93. The van der Waals surface area contributed by atoms with Crippen LogP contribution >= 0.6 is 0 Å². The maximum absolute atomic E-state index is 11.5. The Morgan fingerprint density at radius 3 is 2.83 bits per heavy atom. The van der Waals surface area contributed by atoms with Gasteiger partial charge in [0, 0.05) is 12.2 Å². The molecule has 0 aromatic heterocycles. The molecule has 5 heteroatoms. The number of rotatable bonds is 2. The first-order valence-electron chi connectivity index (χ1n) is 8.15. The number of carbonyl (C=O) groups excluding carboxylic acids is 1. The third-order valence-electron chi connectivity index (χ3n) is 4.62. The van der Waals surface area contributed by atoms with E-state index in [0.29, 0.717) is 6.61 Å². The van der Waals surface area contributed by atoms with Gasteiger partial charge >= 0.3 is 0 Å². The van der Waals surface area contributed by atoms with Crippen molar-refractivity contribution in [1.82, 2.24) is 0 Å². The molecular formula is C19H20N2O3. The van der Waals surface area contributed by atoms with Crippen LogP contribution in [0, 0.1) is 0 Å². The first-order chi connectivity index (χ1) is 11.6. The molecule has 0 bridgehead atoms. The molecule has 2 aromatic rings. The first-order valence-corrected chi connectivity index (χ1v) is 8.15. The second kappa shape index (κ2) is 5.83. The average Bonchev–Trinajstić information content (AvgIpc) is 2.62. The molecular weight excluding hydrogens is 304 g/mol. The number of ether oxygens (including phenoxy) is 2. The molecule has 1 atom stereocenters. The minimum absolute atomic E-state index is 0.0793. The Bertz CT molecular complexity index is 762. The normalized spacial score (nSPS) is 23.2. The van der Waals surface area contributed by atoms with Gasteiger partial charge in [-0.15, -0.1) is 0 Å². The van der Waals surface area contributed by atoms with Gasteiger partial charge < -0.3 is 19.7 Å². The summed E-state index contributed by atoms with van der Waals surface area (Å²) in [5.74, 6) is 0.605. The zero-order chi connectivity index (χ0) is 16.6. The van der Waals surface area contributed by atoms with Crippen molar-refractivity contribution < 1.29 is 14.3 Å². The fraction of sp³-hybridized carbons (Fsp3) is 0.316. The van der Waals surface area contributed by atoms with Crippen LogP contribution < -0.4 is 15.0 Å². The monoisotopic (exact) mass is 324 g/mol. The van der Waals surface area contributed by atoms with E-state index in [2.05, 4.69) is 29.3 Å². The third-order valence-corrected chi connectivity index (χ3v) is 4.62. The molecule has 2 aliphatic heterocycles. The summed E-state index contributed by atoms with van der Waals surface area (Å²) in [4.78, 5) is 13.8. The molecule has 0 aliphatic carbocycles. The van der Waals surface area contributed by atoms with Crippen molar-refractivity contribution >= 4 is 17.3 Å². The van der Waals surface area contributed by atoms with E-state index >= 15 is 0 Å². The lowest BCUT2D eigenvalue weighted by Gasteiger charge is -2.42. The molecule has 2 aliphatic rings. The van der Waals surface area contributed by atoms with Crippen LogP contribution in [0.25, 0.3) is 0 Å². The van der Waals surface area contributed by atoms with Crippen molar-refractivity contribution in [2.24, 2.45) is 0 Å². The third kappa shape index (κ3) is 2.71. The SMILES string of the molecule is CC1(c2ccccc2)CN(c2ccc3c(c2)NC(=O)CO3)CCO1. The summed E-state index contributed by atoms with van der Waals surface area (Å²) in [5.41, 5.74) is 2.61. The minimum Gasteiger partial charge on any atom is -0.482 e. The molecule has 1 N–H and O–H groups in total. The highest BCUT2D eigenvalue weighted by atomic mass is 16.5. The Kier molecular flexibility index (Phi) is 3.65. The maximum Gasteiger partial charge on any atom is 0.262 e. The van der Waals surface area contributed by atoms with E-state index < -0.39 is 0 Å². The van der Waals surface area contributed by atoms with Crippen LogP contribution in [-0.2, 0) is 15.1 Å². The molecule has 1 fully saturated rings. The quantitative estimate of drug-likeness (QED) is 0.923. The number of benzene rings is 2. The topological polar surface area (TPSA) is 50.8 Å². The van der Waals surface area contributed by atoms with Gasteiger partial charge in [0.15, 0.2) is 6.61 Å². The van der Waals surface area contributed by atoms with E-state index in [0.717, 1.165) is 30.2 Å². The highest BCUT2D eigenvalue weighted by Crippen LogP contribution is 2.35. The second-order valence-electron chi connectivity index (χ2n) is 6.38. The smallest absolute Gasteiger partial charge is 0.262 e. The van der Waals surface area contributed by atoms with Gasteiger partial charge in [0.2, 0.25) is 0 Å². The molecule has 1 amide bonds. The van der Waals surface area contributed by atoms with Crippen LogP contribution in [0.15, 0.2) is 48.5 Å². The molecule has 4 rings (SSSR count). The molecule has 0 radical (unpaired) electrons. The number of fused-ring (bicyclic) bond motifs is 1. The van der Waals surface area contributed by atoms with E-state index in [1.165, 1.54) is 5.56 Å². The molecule has 5 nitrogen and oxygen atoms in total. The number of hydrogen-bond donors (Lipinski definition) is 1. The number of amides is 1. The summed E-state index contributed by atoms with van der Waals surface area (Å²) in [6, 6.07) is 16.2. The van der Waals surface area contributed by atoms with E-state index in [4.69, 9.17) is 9.47 Å². The van der Waals surface area contributed by atoms with Gasteiger partial charge in [0.25, 0.3) is 5.91 Å². The van der Waals surface area contributed by atoms with Gasteiger partial charge in [-0.25, -0.2) is 0 Å². The van der Waals surface area contributed by atoms with Crippen LogP contribution in [0.3, 0.4) is 0 Å². The highest BCUT2D eigenvalue weighted by Gasteiger charge is 2.34. The van der Waals surface area contributed by atoms with Gasteiger partial charge in [-0.3, -0.25) is 4.79 Å². The minimum atomic E-state index is -0.352. The van der Waals surface area contributed by atoms with Crippen LogP contribution in [0.5, 0.6) is 5.75 Å². The van der Waals surface area contributed by atoms with Gasteiger partial charge in [-0.2, -0.15) is 0 Å². The van der Waals surface area contributed by atoms with Crippen LogP contribution in [0.1, 0.15) is 12.5 Å². The summed E-state index contributed by atoms with van der Waals surface area (Å²) >= 11 is 0. The summed E-state index contributed by atoms with van der Waals surface area (Å²) in [5, 5.41) is 2.87. The fourth-order valence-electron chi connectivity index (χ4n) is 3.32. The van der Waals surface area contributed by atoms with E-state index in [1.807, 2.05) is 36.4 Å². The number of nitrogens with zero attached hydrogens (tertiary/aromatic N) is 1. The highest BCUT2D eigenvalue weighted by molar-refractivity contribution is 5.96. The second-order valence-corrected chi connectivity index (χ2v) is 6.38. The molecule has 2 aromatic carbocycles. The lowest BCUT2D eigenvalue weighted by Crippen LogP contribution is -2.48. The molecule has 24 heavy (non-hydrogen) atoms. The van der Waals surface area contributed by atoms with Crippen molar-refractivity contribution in [3.8, 4) is 5.75 Å². The van der Waals surface area contributed by atoms with Crippen molar-refractivity contribution in [3.63, 3.8) is 0 Å². The lowest BCUT2D eigenvalue weighted by molar-refractivity contribution is -0.118. The molecule has 1 saturated heterocycles. The molecule has 0 saturated carbocycles. The van der Waals surface area contributed by atoms with Crippen LogP contribution in [-0.4, -0.2) is 32.2 Å². The summed E-state index contributed by atoms with van der Waals surface area (Å²) in [6.45, 7) is 4.43. The number of morpholine rings is 1. The zero-order valence-electron chi connectivity index (χ0n) is 13.6. The first kappa shape index (κ1) is 15.0. The molecule has 2 heterocycles. The van der Waals surface area contributed by atoms with Crippen molar-refractivity contribution in [3.05, 3.63) is 54.1 Å². The zero-order valence-corrected chi connectivity index (χ0v) is 13.6. The molecule has 124 valence electrons. The van der Waals surface area contributed by atoms with Gasteiger partial charge in [-0.05, 0) is 30.7 Å². The van der Waals surface area contributed by atoms with Crippen LogP contribution in [0.2, 0.25) is 0 Å². The predicted molar refractivity (Wildman–Crippen MR) is 92.5 cm³/mol. The number of hydrogen-bond acceptors (Lipinski definition) is 4. The summed E-state index contributed by atoms with van der Waals surface area (Å²) in [6.07, 6.45) is 0. The predicted octanol–water partition coefficient (Wildman–Crippen LogP) is 2.77. The summed E-state index contributed by atoms with van der Waals surface area (Å²) in [7, 11) is 0. The van der Waals surface area contributed by atoms with Crippen molar-refractivity contribution in [2.75, 3.05) is 36.5 Å². The summed E-state index contributed by atoms with van der Waals surface area (Å²) < 4.78 is 11.5. The van der Waals surface area contributed by atoms with E-state index in [1.54, 1.807) is 0 Å². The Labute approximate surface area is 141 Å². The largest absolute Gasteiger partial charge is 0.482 e. The Hall–Kier alpha value is -2.53. The Balaban J connectivity index is 1.61. The standard InChI is InChI=1S/C19H20N2O3/c1-19(14-5-3-2-4-6-14)13-21(9-10-24-19)15-7-8-17-16(11-15)20-18(22)12-23-17/h2-8,11H,9-10,12-13H2,1H3,(H,20,22). The van der Waals surface area contributed by atoms with Gasteiger partial charge in [-0.1, -0.05) is 30.3 Å². The van der Waals surface area contributed by atoms with Gasteiger partial charge in [0.05, 0.1) is 18.8 Å². The Morgan fingerprint density at radius 1 is 1.17 bits per heavy atom. The maximum atomic E-state index is 11.5. The van der Waals surface area contributed by atoms with Crippen LogP contribution in [0.4, 0.5) is 11.4 Å². The molecule has 1 unspecified atom stereocenters. The number of anilines is 2. The van der Waals surface area contributed by atoms with E-state index in [9.17, 15) is 4.79 Å². The molecule has 0 spiro atoms. The fourth-order valence-corrected chi connectivity index (χ4v) is 3.32. The van der Waals surface area contributed by atoms with Gasteiger partial charge in [0.1, 0.15) is 11.4 Å². The average molecular weight is 324 g/mol. The number of nitrogens with one attached hydrogen (secondary N) is 1. The van der Waals surface area contributed by atoms with E-state index in [-0.39, 0.29) is 18.1 Å². The Morgan fingerprint density at radius 2 is 2.00 bits per heavy atom. The van der Waals surface area contributed by atoms with Crippen molar-refractivity contribution in [1.29, 1.82) is 0 Å².